The molecule has 1 aromatic rings. The second-order valence-electron chi connectivity index (χ2n) is 6.14. The molecule has 3 rings (SSSR count). The molecule has 1 saturated carbocycles. The third kappa shape index (κ3) is 3.40. The first-order chi connectivity index (χ1) is 10.6. The predicted molar refractivity (Wildman–Crippen MR) is 81.0 cm³/mol. The number of hydrogen-bond donors (Lipinski definition) is 1. The summed E-state index contributed by atoms with van der Waals surface area (Å²) in [6, 6.07) is 7.05. The van der Waals surface area contributed by atoms with Gasteiger partial charge in [0.2, 0.25) is 0 Å². The minimum atomic E-state index is -0.858. The van der Waals surface area contributed by atoms with E-state index in [2.05, 4.69) is 0 Å². The highest BCUT2D eigenvalue weighted by molar-refractivity contribution is 5.97. The Hall–Kier alpha value is -2.04. The average molecular weight is 303 g/mol. The van der Waals surface area contributed by atoms with Gasteiger partial charge in [0.1, 0.15) is 5.75 Å². The zero-order valence-corrected chi connectivity index (χ0v) is 12.5. The number of nitrogens with zero attached hydrogens (tertiary/aromatic N) is 1. The highest BCUT2D eigenvalue weighted by Crippen LogP contribution is 2.31. The first-order valence-electron chi connectivity index (χ1n) is 7.89. The van der Waals surface area contributed by atoms with Gasteiger partial charge < -0.3 is 14.7 Å². The standard InChI is InChI=1S/C17H21NO4/c19-16(20)10-13-4-3-9-18(13)17(21)14-5-1-2-6-15(14)22-11-12-7-8-12/h1-2,5-6,12-13H,3-4,7-11H2,(H,19,20). The molecule has 1 N–H and O–H groups in total. The molecule has 5 heteroatoms. The summed E-state index contributed by atoms with van der Waals surface area (Å²) in [6.07, 6.45) is 4.01. The van der Waals surface area contributed by atoms with Crippen LogP contribution in [0.15, 0.2) is 24.3 Å². The molecular formula is C17H21NO4. The molecular weight excluding hydrogens is 282 g/mol. The quantitative estimate of drug-likeness (QED) is 0.877. The van der Waals surface area contributed by atoms with Crippen molar-refractivity contribution in [3.63, 3.8) is 0 Å². The Morgan fingerprint density at radius 2 is 2.00 bits per heavy atom. The number of rotatable bonds is 6. The van der Waals surface area contributed by atoms with Crippen LogP contribution in [0, 0.1) is 5.92 Å². The molecule has 1 amide bonds. The molecule has 1 aromatic carbocycles. The Kier molecular flexibility index (Phi) is 4.32. The normalized spacial score (nSPS) is 20.9. The second kappa shape index (κ2) is 6.38. The van der Waals surface area contributed by atoms with E-state index in [4.69, 9.17) is 9.84 Å². The largest absolute Gasteiger partial charge is 0.492 e. The lowest BCUT2D eigenvalue weighted by molar-refractivity contribution is -0.137. The summed E-state index contributed by atoms with van der Waals surface area (Å²) in [5, 5.41) is 8.99. The van der Waals surface area contributed by atoms with E-state index in [9.17, 15) is 9.59 Å². The van der Waals surface area contributed by atoms with Crippen LogP contribution in [0.25, 0.3) is 0 Å². The number of carbonyl (C=O) groups is 2. The van der Waals surface area contributed by atoms with Crippen molar-refractivity contribution >= 4 is 11.9 Å². The third-order valence-electron chi connectivity index (χ3n) is 4.34. The van der Waals surface area contributed by atoms with E-state index < -0.39 is 5.97 Å². The summed E-state index contributed by atoms with van der Waals surface area (Å²) in [4.78, 5) is 25.4. The number of hydrogen-bond acceptors (Lipinski definition) is 3. The Morgan fingerprint density at radius 3 is 2.73 bits per heavy atom. The smallest absolute Gasteiger partial charge is 0.305 e. The first kappa shape index (κ1) is 14.9. The van der Waals surface area contributed by atoms with Crippen LogP contribution < -0.4 is 4.74 Å². The molecule has 0 aromatic heterocycles. The molecule has 0 bridgehead atoms. The van der Waals surface area contributed by atoms with Gasteiger partial charge in [0, 0.05) is 12.6 Å². The van der Waals surface area contributed by atoms with Crippen LogP contribution in [0.5, 0.6) is 5.75 Å². The number of benzene rings is 1. The van der Waals surface area contributed by atoms with Gasteiger partial charge in [-0.25, -0.2) is 0 Å². The van der Waals surface area contributed by atoms with Crippen molar-refractivity contribution < 1.29 is 19.4 Å². The molecule has 1 heterocycles. The molecule has 1 saturated heterocycles. The Balaban J connectivity index is 1.74. The number of ether oxygens (including phenoxy) is 1. The van der Waals surface area contributed by atoms with Crippen LogP contribution >= 0.6 is 0 Å². The third-order valence-corrected chi connectivity index (χ3v) is 4.34. The topological polar surface area (TPSA) is 66.8 Å². The van der Waals surface area contributed by atoms with Crippen molar-refractivity contribution in [1.29, 1.82) is 0 Å². The molecule has 118 valence electrons. The monoisotopic (exact) mass is 303 g/mol. The highest BCUT2D eigenvalue weighted by atomic mass is 16.5. The molecule has 2 aliphatic rings. The van der Waals surface area contributed by atoms with Gasteiger partial charge >= 0.3 is 5.97 Å². The zero-order valence-electron chi connectivity index (χ0n) is 12.5. The lowest BCUT2D eigenvalue weighted by Crippen LogP contribution is -2.37. The van der Waals surface area contributed by atoms with E-state index in [0.29, 0.717) is 30.4 Å². The van der Waals surface area contributed by atoms with Gasteiger partial charge in [-0.05, 0) is 43.7 Å². The van der Waals surface area contributed by atoms with Crippen LogP contribution in [0.4, 0.5) is 0 Å². The maximum atomic E-state index is 12.8. The van der Waals surface area contributed by atoms with Gasteiger partial charge in [-0.3, -0.25) is 9.59 Å². The maximum absolute atomic E-state index is 12.8. The van der Waals surface area contributed by atoms with Crippen LogP contribution in [-0.4, -0.2) is 41.1 Å². The molecule has 0 spiro atoms. The summed E-state index contributed by atoms with van der Waals surface area (Å²) in [5.74, 6) is 0.258. The fourth-order valence-electron chi connectivity index (χ4n) is 2.93. The van der Waals surface area contributed by atoms with Crippen molar-refractivity contribution in [3.05, 3.63) is 29.8 Å². The van der Waals surface area contributed by atoms with E-state index in [1.54, 1.807) is 11.0 Å². The highest BCUT2D eigenvalue weighted by Gasteiger charge is 2.32. The number of amides is 1. The van der Waals surface area contributed by atoms with Gasteiger partial charge in [0.15, 0.2) is 0 Å². The van der Waals surface area contributed by atoms with Crippen molar-refractivity contribution in [1.82, 2.24) is 4.90 Å². The van der Waals surface area contributed by atoms with Crippen molar-refractivity contribution in [3.8, 4) is 5.75 Å². The minimum Gasteiger partial charge on any atom is -0.492 e. The predicted octanol–water partition coefficient (Wildman–Crippen LogP) is 2.55. The van der Waals surface area contributed by atoms with Crippen LogP contribution in [0.1, 0.15) is 42.5 Å². The van der Waals surface area contributed by atoms with E-state index in [0.717, 1.165) is 12.8 Å². The molecule has 5 nitrogen and oxygen atoms in total. The Morgan fingerprint density at radius 1 is 1.23 bits per heavy atom. The maximum Gasteiger partial charge on any atom is 0.305 e. The Labute approximate surface area is 129 Å². The summed E-state index contributed by atoms with van der Waals surface area (Å²) >= 11 is 0. The number of carboxylic acid groups (broad SMARTS) is 1. The van der Waals surface area contributed by atoms with Crippen LogP contribution in [0.2, 0.25) is 0 Å². The van der Waals surface area contributed by atoms with E-state index in [1.165, 1.54) is 12.8 Å². The number of likely N-dealkylation sites (tertiary alicyclic amines) is 1. The van der Waals surface area contributed by atoms with E-state index in [-0.39, 0.29) is 18.4 Å². The number of para-hydroxylation sites is 1. The molecule has 1 unspecified atom stereocenters. The Bertz CT molecular complexity index is 568. The molecule has 2 fully saturated rings. The summed E-state index contributed by atoms with van der Waals surface area (Å²) in [5.41, 5.74) is 0.542. The van der Waals surface area contributed by atoms with Gasteiger partial charge in [-0.2, -0.15) is 0 Å². The first-order valence-corrected chi connectivity index (χ1v) is 7.89. The minimum absolute atomic E-state index is 0.0108. The molecule has 1 aliphatic heterocycles. The van der Waals surface area contributed by atoms with E-state index in [1.807, 2.05) is 18.2 Å². The fourth-order valence-corrected chi connectivity index (χ4v) is 2.93. The number of carbonyl (C=O) groups excluding carboxylic acids is 1. The molecule has 0 radical (unpaired) electrons. The van der Waals surface area contributed by atoms with E-state index >= 15 is 0 Å². The SMILES string of the molecule is O=C(O)CC1CCCN1C(=O)c1ccccc1OCC1CC1. The number of aliphatic carboxylic acids is 1. The molecule has 1 aliphatic carbocycles. The lowest BCUT2D eigenvalue weighted by atomic mass is 10.1. The molecule has 1 atom stereocenters. The van der Waals surface area contributed by atoms with Gasteiger partial charge in [0.05, 0.1) is 18.6 Å². The molecule has 22 heavy (non-hydrogen) atoms. The van der Waals surface area contributed by atoms with Gasteiger partial charge in [-0.1, -0.05) is 12.1 Å². The lowest BCUT2D eigenvalue weighted by Gasteiger charge is -2.24. The summed E-state index contributed by atoms with van der Waals surface area (Å²) < 4.78 is 5.79. The van der Waals surface area contributed by atoms with Crippen LogP contribution in [-0.2, 0) is 4.79 Å². The fraction of sp³-hybridized carbons (Fsp3) is 0.529. The van der Waals surface area contributed by atoms with Gasteiger partial charge in [-0.15, -0.1) is 0 Å². The number of carboxylic acids is 1. The summed E-state index contributed by atoms with van der Waals surface area (Å²) in [7, 11) is 0. The van der Waals surface area contributed by atoms with Crippen molar-refractivity contribution in [2.24, 2.45) is 5.92 Å². The van der Waals surface area contributed by atoms with Crippen molar-refractivity contribution in [2.75, 3.05) is 13.2 Å². The van der Waals surface area contributed by atoms with Crippen LogP contribution in [0.3, 0.4) is 0 Å². The second-order valence-corrected chi connectivity index (χ2v) is 6.14. The van der Waals surface area contributed by atoms with Gasteiger partial charge in [0.25, 0.3) is 5.91 Å². The average Bonchev–Trinajstić information content (AvgIpc) is 3.23. The van der Waals surface area contributed by atoms with Crippen molar-refractivity contribution in [2.45, 2.75) is 38.1 Å². The summed E-state index contributed by atoms with van der Waals surface area (Å²) in [6.45, 7) is 1.27. The zero-order chi connectivity index (χ0) is 15.5.